The molecule has 0 spiro atoms. The van der Waals surface area contributed by atoms with Crippen LogP contribution in [0, 0.1) is 24.7 Å². The molecule has 6 N–H and O–H groups in total. The Morgan fingerprint density at radius 1 is 0.378 bits per heavy atom. The third kappa shape index (κ3) is 37.3. The van der Waals surface area contributed by atoms with Crippen molar-refractivity contribution in [1.29, 1.82) is 0 Å². The van der Waals surface area contributed by atoms with Gasteiger partial charge in [-0.15, -0.1) is 12.8 Å². The normalized spacial score (nSPS) is 11.5. The Morgan fingerprint density at radius 2 is 0.667 bits per heavy atom. The maximum Gasteiger partial charge on any atom is 0.308 e. The number of ether oxygens (including phenoxy) is 8. The van der Waals surface area contributed by atoms with Gasteiger partial charge in [-0.2, -0.15) is 0 Å². The zero-order valence-corrected chi connectivity index (χ0v) is 49.5. The van der Waals surface area contributed by atoms with Crippen molar-refractivity contribution >= 4 is 59.3 Å². The SMILES string of the molecule is C.C.C#CCOCCOCCNC(=O)[C@@H](CC(=O)OCc1ccccc1)NC(=O)[C@H](CC(=O)OCc1ccccc1)NC(C)=O.C#CCOCCOCCNC(=O)[C@@H](CCC(=O)OCc1ccccc1)NC(=O)[C@H](CCC(=O)OCc1ccccc1)NC(C)=O. The van der Waals surface area contributed by atoms with Crippen LogP contribution in [-0.2, 0) is 112 Å². The summed E-state index contributed by atoms with van der Waals surface area (Å²) in [5.74, 6) is -1.80. The molecular formula is C66H86N6O18. The molecule has 0 aliphatic rings. The van der Waals surface area contributed by atoms with Crippen LogP contribution in [0.3, 0.4) is 0 Å². The number of carbonyl (C=O) groups excluding carboxylic acids is 10. The van der Waals surface area contributed by atoms with Crippen LogP contribution in [0.4, 0.5) is 0 Å². The second kappa shape index (κ2) is 48.5. The van der Waals surface area contributed by atoms with Crippen molar-refractivity contribution in [3.63, 3.8) is 0 Å². The van der Waals surface area contributed by atoms with Crippen molar-refractivity contribution < 1.29 is 85.8 Å². The van der Waals surface area contributed by atoms with Crippen LogP contribution in [-0.4, -0.2) is 149 Å². The van der Waals surface area contributed by atoms with Crippen LogP contribution in [0.25, 0.3) is 0 Å². The fourth-order valence-electron chi connectivity index (χ4n) is 7.50. The molecule has 0 saturated carbocycles. The Bertz CT molecular complexity index is 2850. The van der Waals surface area contributed by atoms with Gasteiger partial charge in [-0.3, -0.25) is 47.9 Å². The van der Waals surface area contributed by atoms with Gasteiger partial charge in [0, 0.05) is 39.8 Å². The molecule has 0 aliphatic heterocycles. The molecule has 6 amide bonds. The number of carbonyl (C=O) groups is 10. The first-order valence-electron chi connectivity index (χ1n) is 28.2. The zero-order chi connectivity index (χ0) is 64.0. The molecule has 24 nitrogen and oxygen atoms in total. The molecule has 0 radical (unpaired) electrons. The Kier molecular flexibility index (Phi) is 42.4. The smallest absolute Gasteiger partial charge is 0.308 e. The van der Waals surface area contributed by atoms with Gasteiger partial charge in [-0.05, 0) is 35.1 Å². The van der Waals surface area contributed by atoms with Gasteiger partial charge in [0.05, 0.1) is 52.5 Å². The molecule has 0 heterocycles. The number of benzene rings is 4. The first-order valence-corrected chi connectivity index (χ1v) is 28.2. The van der Waals surface area contributed by atoms with Gasteiger partial charge >= 0.3 is 23.9 Å². The van der Waals surface area contributed by atoms with E-state index in [1.807, 2.05) is 72.8 Å². The van der Waals surface area contributed by atoms with E-state index in [1.165, 1.54) is 13.8 Å². The molecule has 0 aromatic heterocycles. The molecule has 90 heavy (non-hydrogen) atoms. The van der Waals surface area contributed by atoms with Crippen molar-refractivity contribution in [1.82, 2.24) is 31.9 Å². The lowest BCUT2D eigenvalue weighted by atomic mass is 10.1. The summed E-state index contributed by atoms with van der Waals surface area (Å²) in [4.78, 5) is 126. The monoisotopic (exact) mass is 1250 g/mol. The topological polar surface area (TPSA) is 317 Å². The van der Waals surface area contributed by atoms with Crippen LogP contribution in [0.5, 0.6) is 0 Å². The number of nitrogens with one attached hydrogen (secondary N) is 6. The maximum atomic E-state index is 13.2. The predicted molar refractivity (Wildman–Crippen MR) is 332 cm³/mol. The molecule has 488 valence electrons. The van der Waals surface area contributed by atoms with E-state index in [1.54, 1.807) is 48.5 Å². The molecule has 0 aliphatic carbocycles. The Balaban J connectivity index is 0.000000881. The first-order chi connectivity index (χ1) is 42.6. The van der Waals surface area contributed by atoms with Crippen LogP contribution in [0.15, 0.2) is 121 Å². The highest BCUT2D eigenvalue weighted by atomic mass is 16.5. The zero-order valence-electron chi connectivity index (χ0n) is 49.5. The summed E-state index contributed by atoms with van der Waals surface area (Å²) < 4.78 is 42.0. The van der Waals surface area contributed by atoms with E-state index in [9.17, 15) is 47.9 Å². The fraction of sp³-hybridized carbons (Fsp3) is 0.424. The standard InChI is InChI=1S/C33H41N3O9.C31H37N3O9.2CH4/c1-3-19-42-21-22-43-20-18-34-32(40)28(14-16-30(38)44-23-26-10-6-4-7-11-26)36-33(41)29(35-25(2)37)15-17-31(39)45-24-27-12-8-5-9-13-27;1-3-15-40-17-18-41-16-14-32-30(38)26(19-28(36)42-21-24-10-6-4-7-11-24)34-31(39)27(33-23(2)35)20-29(37)43-22-25-12-8-5-9-13-25;;/h1,4-13,28-29H,14-24H2,2H3,(H,34,40)(H,35,37)(H,36,41);1,4-13,26-27H,14-22H2,2H3,(H,32,38)(H,33,35)(H,34,39);2*1H4/t28-,29+;26-,27+;;/m11../s1. The Morgan fingerprint density at radius 3 is 1.02 bits per heavy atom. The second-order valence-electron chi connectivity index (χ2n) is 19.0. The summed E-state index contributed by atoms with van der Waals surface area (Å²) in [5, 5.41) is 15.2. The first kappa shape index (κ1) is 78.6. The molecule has 0 saturated heterocycles. The predicted octanol–water partition coefficient (Wildman–Crippen LogP) is 4.10. The highest BCUT2D eigenvalue weighted by Crippen LogP contribution is 2.11. The van der Waals surface area contributed by atoms with Gasteiger partial charge in [-0.25, -0.2) is 0 Å². The van der Waals surface area contributed by atoms with Gasteiger partial charge in [0.2, 0.25) is 35.4 Å². The molecule has 0 bridgehead atoms. The summed E-state index contributed by atoms with van der Waals surface area (Å²) in [7, 11) is 0. The summed E-state index contributed by atoms with van der Waals surface area (Å²) >= 11 is 0. The van der Waals surface area contributed by atoms with E-state index in [2.05, 4.69) is 43.7 Å². The minimum atomic E-state index is -1.37. The van der Waals surface area contributed by atoms with Crippen molar-refractivity contribution in [3.8, 4) is 24.7 Å². The third-order valence-corrected chi connectivity index (χ3v) is 11.8. The highest BCUT2D eigenvalue weighted by molar-refractivity contribution is 5.95. The lowest BCUT2D eigenvalue weighted by Crippen LogP contribution is -2.55. The lowest BCUT2D eigenvalue weighted by molar-refractivity contribution is -0.149. The Labute approximate surface area is 527 Å². The van der Waals surface area contributed by atoms with Crippen molar-refractivity contribution in [3.05, 3.63) is 144 Å². The number of rotatable bonds is 40. The molecule has 24 heteroatoms. The summed E-state index contributed by atoms with van der Waals surface area (Å²) in [5.41, 5.74) is 3.09. The molecule has 4 aromatic carbocycles. The molecule has 4 aromatic rings. The number of amides is 6. The quantitative estimate of drug-likeness (QED) is 0.0158. The number of hydrogen-bond donors (Lipinski definition) is 6. The molecule has 0 unspecified atom stereocenters. The van der Waals surface area contributed by atoms with Crippen LogP contribution in [0.2, 0.25) is 0 Å². The minimum Gasteiger partial charge on any atom is -0.461 e. The largest absolute Gasteiger partial charge is 0.461 e. The van der Waals surface area contributed by atoms with Gasteiger partial charge in [0.1, 0.15) is 63.8 Å². The van der Waals surface area contributed by atoms with E-state index < -0.39 is 96.3 Å². The lowest BCUT2D eigenvalue weighted by Gasteiger charge is -2.23. The van der Waals surface area contributed by atoms with Crippen LogP contribution < -0.4 is 31.9 Å². The fourth-order valence-corrected chi connectivity index (χ4v) is 7.50. The molecule has 0 fully saturated rings. The minimum absolute atomic E-state index is 0. The van der Waals surface area contributed by atoms with E-state index >= 15 is 0 Å². The maximum absolute atomic E-state index is 13.2. The number of terminal acetylenes is 2. The summed E-state index contributed by atoms with van der Waals surface area (Å²) in [6.07, 6.45) is 8.76. The van der Waals surface area contributed by atoms with Crippen molar-refractivity contribution in [2.45, 2.75) is 118 Å². The van der Waals surface area contributed by atoms with Crippen LogP contribution >= 0.6 is 0 Å². The highest BCUT2D eigenvalue weighted by Gasteiger charge is 2.31. The van der Waals surface area contributed by atoms with Gasteiger partial charge in [0.15, 0.2) is 0 Å². The number of esters is 4. The van der Waals surface area contributed by atoms with Crippen LogP contribution in [0.1, 0.15) is 89.5 Å². The van der Waals surface area contributed by atoms with Crippen molar-refractivity contribution in [2.75, 3.05) is 65.9 Å². The summed E-state index contributed by atoms with van der Waals surface area (Å²) in [6, 6.07) is 31.1. The second-order valence-corrected chi connectivity index (χ2v) is 19.0. The van der Waals surface area contributed by atoms with E-state index in [0.717, 1.165) is 22.3 Å². The third-order valence-electron chi connectivity index (χ3n) is 11.8. The van der Waals surface area contributed by atoms with E-state index in [0.29, 0.717) is 6.61 Å². The van der Waals surface area contributed by atoms with E-state index in [4.69, 9.17) is 50.7 Å². The van der Waals surface area contributed by atoms with Gasteiger partial charge in [0.25, 0.3) is 0 Å². The average molecular weight is 1250 g/mol. The van der Waals surface area contributed by atoms with Gasteiger partial charge < -0.3 is 69.8 Å². The van der Waals surface area contributed by atoms with Crippen molar-refractivity contribution in [2.24, 2.45) is 0 Å². The Hall–Kier alpha value is -9.46. The average Bonchev–Trinajstić information content (AvgIpc) is 3.74. The van der Waals surface area contributed by atoms with E-state index in [-0.39, 0.29) is 126 Å². The number of hydrogen-bond acceptors (Lipinski definition) is 18. The molecule has 4 atom stereocenters. The molecule has 4 rings (SSSR count). The molecular weight excluding hydrogens is 1160 g/mol. The van der Waals surface area contributed by atoms with Gasteiger partial charge in [-0.1, -0.05) is 148 Å². The summed E-state index contributed by atoms with van der Waals surface area (Å²) in [6.45, 7) is 4.43.